The summed E-state index contributed by atoms with van der Waals surface area (Å²) in [6, 6.07) is 9.24. The topological polar surface area (TPSA) is 135 Å². The molecule has 166 valence electrons. The van der Waals surface area contributed by atoms with Crippen LogP contribution in [0.15, 0.2) is 53.0 Å². The molecule has 6 N–H and O–H groups in total. The van der Waals surface area contributed by atoms with Crippen LogP contribution in [0.5, 0.6) is 0 Å². The van der Waals surface area contributed by atoms with Gasteiger partial charge in [0.05, 0.1) is 13.2 Å². The van der Waals surface area contributed by atoms with Gasteiger partial charge in [0, 0.05) is 31.6 Å². The molecule has 0 radical (unpaired) electrons. The standard InChI is InChI=1S/C22H30N6O3/c23-22(24)25-10-4-7-19(21(30)27-28-11-13-31-14-12-28)26-20(29)18-9-8-17(15-18)16-5-2-1-3-6-16/h1-3,5-6,8-9,19H,4,7,10-15H2,(H,26,29)(H,27,30)(H4,23,24,25). The number of amides is 2. The number of morpholine rings is 1. The van der Waals surface area contributed by atoms with Gasteiger partial charge in [0.1, 0.15) is 6.04 Å². The number of guanidine groups is 1. The van der Waals surface area contributed by atoms with Gasteiger partial charge in [-0.15, -0.1) is 0 Å². The van der Waals surface area contributed by atoms with Gasteiger partial charge in [-0.25, -0.2) is 5.01 Å². The Morgan fingerprint density at radius 3 is 2.58 bits per heavy atom. The van der Waals surface area contributed by atoms with Crippen LogP contribution in [0.4, 0.5) is 0 Å². The molecule has 1 heterocycles. The number of benzene rings is 1. The fourth-order valence-corrected chi connectivity index (χ4v) is 3.46. The van der Waals surface area contributed by atoms with Crippen LogP contribution in [-0.2, 0) is 14.3 Å². The number of hydrazine groups is 1. The molecule has 1 aromatic carbocycles. The van der Waals surface area contributed by atoms with Crippen molar-refractivity contribution in [3.8, 4) is 0 Å². The average Bonchev–Trinajstić information content (AvgIpc) is 3.27. The number of aliphatic imine (C=N–C) groups is 1. The van der Waals surface area contributed by atoms with E-state index in [9.17, 15) is 9.59 Å². The van der Waals surface area contributed by atoms with Crippen LogP contribution >= 0.6 is 0 Å². The molecule has 31 heavy (non-hydrogen) atoms. The normalized spacial score (nSPS) is 17.3. The van der Waals surface area contributed by atoms with Crippen LogP contribution in [0.1, 0.15) is 24.8 Å². The monoisotopic (exact) mass is 426 g/mol. The summed E-state index contributed by atoms with van der Waals surface area (Å²) < 4.78 is 5.31. The second-order valence-electron chi connectivity index (χ2n) is 7.48. The highest BCUT2D eigenvalue weighted by Gasteiger charge is 2.25. The first-order valence-corrected chi connectivity index (χ1v) is 10.5. The maximum atomic E-state index is 12.9. The van der Waals surface area contributed by atoms with Gasteiger partial charge >= 0.3 is 0 Å². The molecule has 0 bridgehead atoms. The van der Waals surface area contributed by atoms with E-state index >= 15 is 0 Å². The lowest BCUT2D eigenvalue weighted by molar-refractivity contribution is -0.133. The van der Waals surface area contributed by atoms with Crippen molar-refractivity contribution in [2.75, 3.05) is 32.8 Å². The molecule has 1 aliphatic carbocycles. The third-order valence-corrected chi connectivity index (χ3v) is 5.15. The molecule has 1 unspecified atom stereocenters. The molecule has 1 aliphatic heterocycles. The number of allylic oxidation sites excluding steroid dienone is 3. The van der Waals surface area contributed by atoms with Crippen molar-refractivity contribution in [1.82, 2.24) is 15.8 Å². The lowest BCUT2D eigenvalue weighted by Gasteiger charge is -2.29. The van der Waals surface area contributed by atoms with E-state index in [2.05, 4.69) is 15.7 Å². The Balaban J connectivity index is 1.58. The highest BCUT2D eigenvalue weighted by Crippen LogP contribution is 2.28. The van der Waals surface area contributed by atoms with Crippen LogP contribution < -0.4 is 22.2 Å². The first-order chi connectivity index (χ1) is 15.0. The number of carbonyl (C=O) groups excluding carboxylic acids is 2. The lowest BCUT2D eigenvalue weighted by atomic mass is 10.0. The zero-order valence-electron chi connectivity index (χ0n) is 17.5. The fraction of sp³-hybridized carbons (Fsp3) is 0.409. The Kier molecular flexibility index (Phi) is 8.19. The van der Waals surface area contributed by atoms with Crippen molar-refractivity contribution in [3.05, 3.63) is 53.6 Å². The van der Waals surface area contributed by atoms with Crippen molar-refractivity contribution in [2.24, 2.45) is 16.5 Å². The molecule has 2 amide bonds. The number of rotatable bonds is 9. The van der Waals surface area contributed by atoms with Gasteiger partial charge < -0.3 is 21.5 Å². The molecule has 9 nitrogen and oxygen atoms in total. The molecule has 0 aromatic heterocycles. The van der Waals surface area contributed by atoms with Crippen LogP contribution in [0.3, 0.4) is 0 Å². The molecule has 1 saturated heterocycles. The predicted molar refractivity (Wildman–Crippen MR) is 119 cm³/mol. The number of hydrogen-bond donors (Lipinski definition) is 4. The smallest absolute Gasteiger partial charge is 0.256 e. The van der Waals surface area contributed by atoms with E-state index in [1.165, 1.54) is 0 Å². The van der Waals surface area contributed by atoms with Crippen LogP contribution in [0.2, 0.25) is 0 Å². The SMILES string of the molecule is NC(N)=NCCCC(NC(=O)C1=CC=C(c2ccccc2)C1)C(=O)NN1CCOCC1. The third-order valence-electron chi connectivity index (χ3n) is 5.15. The number of nitrogens with two attached hydrogens (primary N) is 2. The Morgan fingerprint density at radius 2 is 1.87 bits per heavy atom. The summed E-state index contributed by atoms with van der Waals surface area (Å²) in [5.74, 6) is -0.491. The summed E-state index contributed by atoms with van der Waals surface area (Å²) >= 11 is 0. The highest BCUT2D eigenvalue weighted by molar-refractivity contribution is 6.00. The van der Waals surface area contributed by atoms with Crippen molar-refractivity contribution >= 4 is 23.3 Å². The van der Waals surface area contributed by atoms with E-state index in [-0.39, 0.29) is 17.8 Å². The summed E-state index contributed by atoms with van der Waals surface area (Å²) in [4.78, 5) is 29.7. The Morgan fingerprint density at radius 1 is 1.13 bits per heavy atom. The second-order valence-corrected chi connectivity index (χ2v) is 7.48. The molecule has 0 spiro atoms. The molecule has 1 aromatic rings. The summed E-state index contributed by atoms with van der Waals surface area (Å²) in [5, 5.41) is 4.70. The largest absolute Gasteiger partial charge is 0.379 e. The molecule has 1 atom stereocenters. The van der Waals surface area contributed by atoms with Crippen molar-refractivity contribution in [1.29, 1.82) is 0 Å². The van der Waals surface area contributed by atoms with Gasteiger partial charge in [-0.3, -0.25) is 20.0 Å². The van der Waals surface area contributed by atoms with Gasteiger partial charge in [-0.05, 0) is 24.0 Å². The first-order valence-electron chi connectivity index (χ1n) is 10.5. The minimum absolute atomic E-state index is 0.00832. The Labute approximate surface area is 182 Å². The molecule has 3 rings (SSSR count). The van der Waals surface area contributed by atoms with Crippen molar-refractivity contribution in [3.63, 3.8) is 0 Å². The quantitative estimate of drug-likeness (QED) is 0.255. The molecule has 2 aliphatic rings. The van der Waals surface area contributed by atoms with Gasteiger partial charge in [-0.2, -0.15) is 0 Å². The lowest BCUT2D eigenvalue weighted by Crippen LogP contribution is -2.55. The molecule has 9 heteroatoms. The number of hydrogen-bond acceptors (Lipinski definition) is 5. The molecular weight excluding hydrogens is 396 g/mol. The van der Waals surface area contributed by atoms with E-state index in [0.29, 0.717) is 57.7 Å². The van der Waals surface area contributed by atoms with E-state index in [0.717, 1.165) is 11.1 Å². The van der Waals surface area contributed by atoms with Gasteiger partial charge in [0.2, 0.25) is 5.91 Å². The van der Waals surface area contributed by atoms with Gasteiger partial charge in [-0.1, -0.05) is 42.5 Å². The number of carbonyl (C=O) groups is 2. The predicted octanol–water partition coefficient (Wildman–Crippen LogP) is 0.302. The van der Waals surface area contributed by atoms with E-state index in [1.807, 2.05) is 47.5 Å². The summed E-state index contributed by atoms with van der Waals surface area (Å²) in [6.45, 7) is 2.72. The van der Waals surface area contributed by atoms with Gasteiger partial charge in [0.25, 0.3) is 5.91 Å². The molecule has 1 fully saturated rings. The first kappa shape index (κ1) is 22.5. The molecule has 0 saturated carbocycles. The van der Waals surface area contributed by atoms with Crippen molar-refractivity contribution < 1.29 is 14.3 Å². The van der Waals surface area contributed by atoms with E-state index in [1.54, 1.807) is 0 Å². The zero-order chi connectivity index (χ0) is 22.1. The second kappa shape index (κ2) is 11.3. The number of nitrogens with one attached hydrogen (secondary N) is 2. The summed E-state index contributed by atoms with van der Waals surface area (Å²) in [7, 11) is 0. The van der Waals surface area contributed by atoms with E-state index < -0.39 is 6.04 Å². The Hall–Kier alpha value is -3.17. The summed E-state index contributed by atoms with van der Waals surface area (Å²) in [5.41, 5.74) is 16.4. The summed E-state index contributed by atoms with van der Waals surface area (Å²) in [6.07, 6.45) is 5.28. The Bertz CT molecular complexity index is 855. The number of ether oxygens (including phenoxy) is 1. The van der Waals surface area contributed by atoms with Crippen LogP contribution in [0, 0.1) is 0 Å². The fourth-order valence-electron chi connectivity index (χ4n) is 3.46. The third kappa shape index (κ3) is 6.94. The maximum absolute atomic E-state index is 12.9. The zero-order valence-corrected chi connectivity index (χ0v) is 17.5. The van der Waals surface area contributed by atoms with Crippen LogP contribution in [-0.4, -0.2) is 61.7 Å². The maximum Gasteiger partial charge on any atom is 0.256 e. The average molecular weight is 427 g/mol. The van der Waals surface area contributed by atoms with Gasteiger partial charge in [0.15, 0.2) is 5.96 Å². The number of nitrogens with zero attached hydrogens (tertiary/aromatic N) is 2. The minimum atomic E-state index is -0.689. The minimum Gasteiger partial charge on any atom is -0.379 e. The van der Waals surface area contributed by atoms with Crippen LogP contribution in [0.25, 0.3) is 5.57 Å². The van der Waals surface area contributed by atoms with Crippen molar-refractivity contribution in [2.45, 2.75) is 25.3 Å². The molecular formula is C22H30N6O3. The highest BCUT2D eigenvalue weighted by atomic mass is 16.5. The van der Waals surface area contributed by atoms with E-state index in [4.69, 9.17) is 16.2 Å².